The lowest BCUT2D eigenvalue weighted by molar-refractivity contribution is 0.551. The predicted molar refractivity (Wildman–Crippen MR) is 88.3 cm³/mol. The number of rotatable bonds is 5. The van der Waals surface area contributed by atoms with E-state index in [2.05, 4.69) is 48.3 Å². The first kappa shape index (κ1) is 15.4. The van der Waals surface area contributed by atoms with E-state index in [1.807, 2.05) is 0 Å². The molecule has 0 radical (unpaired) electrons. The quantitative estimate of drug-likeness (QED) is 0.865. The van der Waals surface area contributed by atoms with E-state index >= 15 is 0 Å². The van der Waals surface area contributed by atoms with Gasteiger partial charge in [-0.05, 0) is 43.0 Å². The minimum absolute atomic E-state index is 0.718. The van der Waals surface area contributed by atoms with E-state index in [0.717, 1.165) is 19.0 Å². The SMILES string of the molecule is CC(C)CNCc1ccc(N2CCCCCCC2)cc1. The molecular formula is C18H30N2. The summed E-state index contributed by atoms with van der Waals surface area (Å²) in [6, 6.07) is 9.16. The maximum Gasteiger partial charge on any atom is 0.0366 e. The molecule has 2 rings (SSSR count). The van der Waals surface area contributed by atoms with Gasteiger partial charge in [0.2, 0.25) is 0 Å². The molecule has 0 aliphatic carbocycles. The number of benzene rings is 1. The second kappa shape index (κ2) is 8.31. The van der Waals surface area contributed by atoms with Crippen molar-refractivity contribution >= 4 is 5.69 Å². The van der Waals surface area contributed by atoms with Gasteiger partial charge in [0.15, 0.2) is 0 Å². The van der Waals surface area contributed by atoms with Crippen LogP contribution in [0.3, 0.4) is 0 Å². The van der Waals surface area contributed by atoms with Crippen LogP contribution in [-0.4, -0.2) is 19.6 Å². The average molecular weight is 274 g/mol. The summed E-state index contributed by atoms with van der Waals surface area (Å²) < 4.78 is 0. The zero-order valence-corrected chi connectivity index (χ0v) is 13.2. The molecule has 0 atom stereocenters. The average Bonchev–Trinajstić information content (AvgIpc) is 2.39. The van der Waals surface area contributed by atoms with Gasteiger partial charge >= 0.3 is 0 Å². The summed E-state index contributed by atoms with van der Waals surface area (Å²) in [6.45, 7) is 9.03. The Kier molecular flexibility index (Phi) is 6.38. The molecule has 0 bridgehead atoms. The molecule has 1 N–H and O–H groups in total. The summed E-state index contributed by atoms with van der Waals surface area (Å²) in [5, 5.41) is 3.50. The van der Waals surface area contributed by atoms with Crippen molar-refractivity contribution < 1.29 is 0 Å². The van der Waals surface area contributed by atoms with E-state index in [9.17, 15) is 0 Å². The van der Waals surface area contributed by atoms with Crippen molar-refractivity contribution in [3.8, 4) is 0 Å². The van der Waals surface area contributed by atoms with Crippen LogP contribution in [0.5, 0.6) is 0 Å². The molecule has 1 fully saturated rings. The van der Waals surface area contributed by atoms with Crippen LogP contribution in [-0.2, 0) is 6.54 Å². The van der Waals surface area contributed by atoms with Crippen LogP contribution in [0.25, 0.3) is 0 Å². The lowest BCUT2D eigenvalue weighted by atomic mass is 10.1. The summed E-state index contributed by atoms with van der Waals surface area (Å²) in [5.41, 5.74) is 2.79. The largest absolute Gasteiger partial charge is 0.372 e. The Bertz CT molecular complexity index is 362. The molecule has 112 valence electrons. The van der Waals surface area contributed by atoms with E-state index in [4.69, 9.17) is 0 Å². The fourth-order valence-corrected chi connectivity index (χ4v) is 2.84. The van der Waals surface area contributed by atoms with Crippen LogP contribution in [0.1, 0.15) is 51.5 Å². The molecule has 0 aromatic heterocycles. The monoisotopic (exact) mass is 274 g/mol. The molecule has 0 amide bonds. The minimum Gasteiger partial charge on any atom is -0.372 e. The van der Waals surface area contributed by atoms with Crippen molar-refractivity contribution in [1.82, 2.24) is 5.32 Å². The number of nitrogens with one attached hydrogen (secondary N) is 1. The third-order valence-corrected chi connectivity index (χ3v) is 4.04. The smallest absolute Gasteiger partial charge is 0.0366 e. The molecule has 2 heteroatoms. The minimum atomic E-state index is 0.718. The van der Waals surface area contributed by atoms with Gasteiger partial charge in [0.1, 0.15) is 0 Å². The van der Waals surface area contributed by atoms with Crippen molar-refractivity contribution in [1.29, 1.82) is 0 Å². The first-order valence-corrected chi connectivity index (χ1v) is 8.30. The number of hydrogen-bond acceptors (Lipinski definition) is 2. The maximum absolute atomic E-state index is 3.50. The molecule has 1 heterocycles. The normalized spacial score (nSPS) is 17.1. The van der Waals surface area contributed by atoms with Gasteiger partial charge in [-0.1, -0.05) is 45.2 Å². The van der Waals surface area contributed by atoms with E-state index < -0.39 is 0 Å². The predicted octanol–water partition coefficient (Wildman–Crippen LogP) is 4.20. The Morgan fingerprint density at radius 1 is 0.950 bits per heavy atom. The maximum atomic E-state index is 3.50. The molecule has 0 unspecified atom stereocenters. The van der Waals surface area contributed by atoms with Crippen molar-refractivity contribution in [2.45, 2.75) is 52.5 Å². The second-order valence-electron chi connectivity index (χ2n) is 6.45. The zero-order chi connectivity index (χ0) is 14.2. The molecule has 1 saturated heterocycles. The van der Waals surface area contributed by atoms with Crippen LogP contribution in [0, 0.1) is 5.92 Å². The molecule has 1 aliphatic heterocycles. The second-order valence-corrected chi connectivity index (χ2v) is 6.45. The third kappa shape index (κ3) is 5.16. The van der Waals surface area contributed by atoms with E-state index in [0.29, 0.717) is 0 Å². The van der Waals surface area contributed by atoms with Gasteiger partial charge in [-0.3, -0.25) is 0 Å². The summed E-state index contributed by atoms with van der Waals surface area (Å²) in [6.07, 6.45) is 6.91. The van der Waals surface area contributed by atoms with E-state index in [1.54, 1.807) is 0 Å². The van der Waals surface area contributed by atoms with Crippen LogP contribution in [0.4, 0.5) is 5.69 Å². The number of anilines is 1. The van der Waals surface area contributed by atoms with Gasteiger partial charge in [-0.2, -0.15) is 0 Å². The Balaban J connectivity index is 1.86. The Morgan fingerprint density at radius 3 is 2.15 bits per heavy atom. The summed E-state index contributed by atoms with van der Waals surface area (Å²) in [4.78, 5) is 2.56. The lowest BCUT2D eigenvalue weighted by Gasteiger charge is -2.27. The molecule has 1 aromatic rings. The first-order valence-electron chi connectivity index (χ1n) is 8.30. The van der Waals surface area contributed by atoms with Gasteiger partial charge in [-0.25, -0.2) is 0 Å². The van der Waals surface area contributed by atoms with Crippen molar-refractivity contribution in [3.63, 3.8) is 0 Å². The van der Waals surface area contributed by atoms with Crippen molar-refractivity contribution in [3.05, 3.63) is 29.8 Å². The van der Waals surface area contributed by atoms with Crippen molar-refractivity contribution in [2.75, 3.05) is 24.5 Å². The molecule has 0 saturated carbocycles. The van der Waals surface area contributed by atoms with E-state index in [-0.39, 0.29) is 0 Å². The van der Waals surface area contributed by atoms with Crippen LogP contribution >= 0.6 is 0 Å². The van der Waals surface area contributed by atoms with Gasteiger partial charge < -0.3 is 10.2 Å². The fourth-order valence-electron chi connectivity index (χ4n) is 2.84. The summed E-state index contributed by atoms with van der Waals surface area (Å²) in [5.74, 6) is 0.718. The lowest BCUT2D eigenvalue weighted by Crippen LogP contribution is -2.27. The molecule has 1 aromatic carbocycles. The van der Waals surface area contributed by atoms with Gasteiger partial charge in [0.25, 0.3) is 0 Å². The highest BCUT2D eigenvalue weighted by Crippen LogP contribution is 2.19. The van der Waals surface area contributed by atoms with Gasteiger partial charge in [-0.15, -0.1) is 0 Å². The standard InChI is InChI=1S/C18H30N2/c1-16(2)14-19-15-17-8-10-18(11-9-17)20-12-6-4-3-5-7-13-20/h8-11,16,19H,3-7,12-15H2,1-2H3. The molecule has 2 nitrogen and oxygen atoms in total. The topological polar surface area (TPSA) is 15.3 Å². The Morgan fingerprint density at radius 2 is 1.55 bits per heavy atom. The van der Waals surface area contributed by atoms with Crippen LogP contribution in [0.2, 0.25) is 0 Å². The number of hydrogen-bond donors (Lipinski definition) is 1. The van der Waals surface area contributed by atoms with Crippen LogP contribution < -0.4 is 10.2 Å². The van der Waals surface area contributed by atoms with E-state index in [1.165, 1.54) is 56.4 Å². The highest BCUT2D eigenvalue weighted by molar-refractivity contribution is 5.47. The highest BCUT2D eigenvalue weighted by atomic mass is 15.1. The third-order valence-electron chi connectivity index (χ3n) is 4.04. The molecule has 0 spiro atoms. The fraction of sp³-hybridized carbons (Fsp3) is 0.667. The Hall–Kier alpha value is -1.02. The molecule has 20 heavy (non-hydrogen) atoms. The number of nitrogens with zero attached hydrogens (tertiary/aromatic N) is 1. The van der Waals surface area contributed by atoms with Crippen molar-refractivity contribution in [2.24, 2.45) is 5.92 Å². The molecule has 1 aliphatic rings. The highest BCUT2D eigenvalue weighted by Gasteiger charge is 2.08. The molecular weight excluding hydrogens is 244 g/mol. The first-order chi connectivity index (χ1) is 9.75. The summed E-state index contributed by atoms with van der Waals surface area (Å²) >= 11 is 0. The van der Waals surface area contributed by atoms with Crippen LogP contribution in [0.15, 0.2) is 24.3 Å². The van der Waals surface area contributed by atoms with Gasteiger partial charge in [0.05, 0.1) is 0 Å². The summed E-state index contributed by atoms with van der Waals surface area (Å²) in [7, 11) is 0. The zero-order valence-electron chi connectivity index (χ0n) is 13.2. The van der Waals surface area contributed by atoms with Gasteiger partial charge in [0, 0.05) is 25.3 Å². The Labute approximate surface area is 124 Å².